The van der Waals surface area contributed by atoms with Gasteiger partial charge in [0.1, 0.15) is 17.1 Å². The summed E-state index contributed by atoms with van der Waals surface area (Å²) in [6.45, 7) is 0. The highest BCUT2D eigenvalue weighted by atomic mass is 15.2. The Morgan fingerprint density at radius 3 is 1.86 bits per heavy atom. The molecule has 5 aromatic rings. The van der Waals surface area contributed by atoms with E-state index in [1.54, 1.807) is 24.8 Å². The SMILES string of the molecule is CN(C)c1ccc2c(c1)-c1ccccc1-c1cc(N(C)C)cc3c1N2c1nccnc1-c1nccnc1-3. The van der Waals surface area contributed by atoms with Crippen molar-refractivity contribution in [3.8, 4) is 44.9 Å². The highest BCUT2D eigenvalue weighted by Gasteiger charge is 2.36. The van der Waals surface area contributed by atoms with Crippen LogP contribution in [0.4, 0.5) is 28.6 Å². The summed E-state index contributed by atoms with van der Waals surface area (Å²) in [5, 5.41) is 0. The first kappa shape index (κ1) is 21.5. The molecule has 2 aliphatic rings. The van der Waals surface area contributed by atoms with E-state index < -0.39 is 0 Å². The summed E-state index contributed by atoms with van der Waals surface area (Å²) < 4.78 is 0. The topological polar surface area (TPSA) is 61.3 Å². The maximum absolute atomic E-state index is 4.90. The van der Waals surface area contributed by atoms with E-state index in [9.17, 15) is 0 Å². The second-order valence-electron chi connectivity index (χ2n) is 9.74. The van der Waals surface area contributed by atoms with Crippen molar-refractivity contribution >= 4 is 28.6 Å². The second-order valence-corrected chi connectivity index (χ2v) is 9.74. The summed E-state index contributed by atoms with van der Waals surface area (Å²) in [5.74, 6) is 0.744. The monoisotopic (exact) mass is 483 g/mol. The van der Waals surface area contributed by atoms with Gasteiger partial charge in [0.15, 0.2) is 5.82 Å². The summed E-state index contributed by atoms with van der Waals surface area (Å²) in [5.41, 5.74) is 12.2. The van der Waals surface area contributed by atoms with Crippen LogP contribution in [-0.2, 0) is 0 Å². The van der Waals surface area contributed by atoms with Crippen molar-refractivity contribution < 1.29 is 0 Å². The van der Waals surface area contributed by atoms with Gasteiger partial charge in [-0.05, 0) is 41.5 Å². The summed E-state index contributed by atoms with van der Waals surface area (Å²) in [7, 11) is 8.28. The van der Waals surface area contributed by atoms with Crippen LogP contribution in [0.1, 0.15) is 0 Å². The zero-order chi connectivity index (χ0) is 25.3. The van der Waals surface area contributed by atoms with Crippen molar-refractivity contribution in [3.05, 3.63) is 79.4 Å². The third-order valence-electron chi connectivity index (χ3n) is 7.15. The molecule has 0 atom stereocenters. The predicted molar refractivity (Wildman–Crippen MR) is 150 cm³/mol. The fraction of sp³-hybridized carbons (Fsp3) is 0.133. The lowest BCUT2D eigenvalue weighted by Crippen LogP contribution is -2.16. The molecule has 0 bridgehead atoms. The van der Waals surface area contributed by atoms with Crippen molar-refractivity contribution in [1.29, 1.82) is 0 Å². The lowest BCUT2D eigenvalue weighted by Gasteiger charge is -2.28. The molecule has 0 unspecified atom stereocenters. The van der Waals surface area contributed by atoms with E-state index >= 15 is 0 Å². The molecule has 0 saturated heterocycles. The first-order valence-electron chi connectivity index (χ1n) is 12.2. The van der Waals surface area contributed by atoms with Gasteiger partial charge in [-0.25, -0.2) is 9.97 Å². The van der Waals surface area contributed by atoms with Crippen molar-refractivity contribution in [3.63, 3.8) is 0 Å². The molecule has 0 spiro atoms. The molecule has 0 fully saturated rings. The van der Waals surface area contributed by atoms with Gasteiger partial charge < -0.3 is 9.80 Å². The third-order valence-corrected chi connectivity index (χ3v) is 7.15. The molecule has 4 heterocycles. The van der Waals surface area contributed by atoms with Crippen LogP contribution in [0, 0.1) is 0 Å². The molecule has 0 saturated carbocycles. The van der Waals surface area contributed by atoms with Crippen LogP contribution in [0.3, 0.4) is 0 Å². The Bertz CT molecular complexity index is 1710. The summed E-state index contributed by atoms with van der Waals surface area (Å²) >= 11 is 0. The van der Waals surface area contributed by atoms with Crippen LogP contribution < -0.4 is 14.7 Å². The average molecular weight is 484 g/mol. The zero-order valence-corrected chi connectivity index (χ0v) is 21.1. The van der Waals surface area contributed by atoms with Gasteiger partial charge in [0.2, 0.25) is 0 Å². The number of hydrogen-bond acceptors (Lipinski definition) is 7. The fourth-order valence-electron chi connectivity index (χ4n) is 5.38. The van der Waals surface area contributed by atoms with Crippen LogP contribution in [0.15, 0.2) is 79.4 Å². The Hall–Kier alpha value is -4.78. The molecule has 3 aromatic carbocycles. The number of rotatable bonds is 2. The van der Waals surface area contributed by atoms with Gasteiger partial charge in [0.25, 0.3) is 0 Å². The first-order valence-corrected chi connectivity index (χ1v) is 12.2. The minimum Gasteiger partial charge on any atom is -0.378 e. The number of fused-ring (bicyclic) bond motifs is 10. The molecule has 180 valence electrons. The molecular weight excluding hydrogens is 458 g/mol. The number of anilines is 5. The van der Waals surface area contributed by atoms with Gasteiger partial charge in [0, 0.05) is 81.0 Å². The fourth-order valence-corrected chi connectivity index (χ4v) is 5.38. The van der Waals surface area contributed by atoms with Crippen molar-refractivity contribution in [1.82, 2.24) is 19.9 Å². The van der Waals surface area contributed by atoms with Gasteiger partial charge in [-0.1, -0.05) is 24.3 Å². The highest BCUT2D eigenvalue weighted by Crippen LogP contribution is 2.57. The minimum absolute atomic E-state index is 0.716. The summed E-state index contributed by atoms with van der Waals surface area (Å²) in [4.78, 5) is 25.8. The van der Waals surface area contributed by atoms with E-state index in [0.29, 0.717) is 5.69 Å². The molecule has 2 aromatic heterocycles. The van der Waals surface area contributed by atoms with Crippen LogP contribution in [-0.4, -0.2) is 48.1 Å². The molecule has 7 rings (SSSR count). The Morgan fingerprint density at radius 2 is 1.14 bits per heavy atom. The van der Waals surface area contributed by atoms with Crippen molar-refractivity contribution in [2.24, 2.45) is 0 Å². The Kier molecular flexibility index (Phi) is 4.57. The zero-order valence-electron chi connectivity index (χ0n) is 21.1. The maximum atomic E-state index is 4.90. The van der Waals surface area contributed by atoms with Crippen LogP contribution in [0.25, 0.3) is 44.9 Å². The molecule has 0 amide bonds. The molecule has 0 radical (unpaired) electrons. The van der Waals surface area contributed by atoms with E-state index in [4.69, 9.17) is 19.9 Å². The van der Waals surface area contributed by atoms with E-state index in [-0.39, 0.29) is 0 Å². The van der Waals surface area contributed by atoms with Gasteiger partial charge in [-0.3, -0.25) is 14.9 Å². The second kappa shape index (κ2) is 7.86. The molecular formula is C30H25N7. The predicted octanol–water partition coefficient (Wildman–Crippen LogP) is 6.16. The van der Waals surface area contributed by atoms with E-state index in [1.165, 1.54) is 11.1 Å². The lowest BCUT2D eigenvalue weighted by atomic mass is 9.92. The Morgan fingerprint density at radius 1 is 0.541 bits per heavy atom. The van der Waals surface area contributed by atoms with Crippen LogP contribution in [0.2, 0.25) is 0 Å². The van der Waals surface area contributed by atoms with Crippen LogP contribution in [0.5, 0.6) is 0 Å². The summed E-state index contributed by atoms with van der Waals surface area (Å²) in [6.07, 6.45) is 6.95. The largest absolute Gasteiger partial charge is 0.378 e. The Labute approximate surface area is 215 Å². The lowest BCUT2D eigenvalue weighted by molar-refractivity contribution is 1.11. The van der Waals surface area contributed by atoms with Crippen molar-refractivity contribution in [2.75, 3.05) is 42.9 Å². The number of aromatic nitrogens is 4. The molecule has 7 nitrogen and oxygen atoms in total. The average Bonchev–Trinajstić information content (AvgIpc) is 3.13. The number of benzene rings is 3. The first-order chi connectivity index (χ1) is 18.0. The Balaban J connectivity index is 1.72. The molecule has 37 heavy (non-hydrogen) atoms. The minimum atomic E-state index is 0.716. The normalized spacial score (nSPS) is 12.3. The molecule has 0 N–H and O–H groups in total. The van der Waals surface area contributed by atoms with Gasteiger partial charge in [-0.2, -0.15) is 0 Å². The number of hydrogen-bond donors (Lipinski definition) is 0. The smallest absolute Gasteiger partial charge is 0.166 e. The standard InChI is InChI=1S/C30H25N7/c1-35(2)18-9-10-25-22(15-18)20-7-5-6-8-21(20)23-16-19(36(3)4)17-24-26-27(32-12-11-31-26)28-30(34-14-13-33-28)37(25)29(23)24/h5-17H,1-4H3. The highest BCUT2D eigenvalue weighted by molar-refractivity contribution is 6.11. The molecule has 7 heteroatoms. The van der Waals surface area contributed by atoms with E-state index in [2.05, 4.69) is 97.5 Å². The quantitative estimate of drug-likeness (QED) is 0.292. The van der Waals surface area contributed by atoms with Gasteiger partial charge in [0.05, 0.1) is 11.4 Å². The number of nitrogens with zero attached hydrogens (tertiary/aromatic N) is 7. The van der Waals surface area contributed by atoms with Crippen molar-refractivity contribution in [2.45, 2.75) is 0 Å². The van der Waals surface area contributed by atoms with Gasteiger partial charge >= 0.3 is 0 Å². The molecule has 2 aliphatic heterocycles. The van der Waals surface area contributed by atoms with E-state index in [1.807, 2.05) is 0 Å². The molecule has 0 aliphatic carbocycles. The third kappa shape index (κ3) is 3.07. The van der Waals surface area contributed by atoms with E-state index in [0.717, 1.165) is 56.6 Å². The maximum Gasteiger partial charge on any atom is 0.166 e. The van der Waals surface area contributed by atoms with Crippen LogP contribution >= 0.6 is 0 Å². The summed E-state index contributed by atoms with van der Waals surface area (Å²) in [6, 6.07) is 19.7. The van der Waals surface area contributed by atoms with Gasteiger partial charge in [-0.15, -0.1) is 0 Å².